The van der Waals surface area contributed by atoms with Crippen molar-refractivity contribution >= 4 is 12.3 Å². The van der Waals surface area contributed by atoms with E-state index in [1.165, 1.54) is 0 Å². The summed E-state index contributed by atoms with van der Waals surface area (Å²) in [4.78, 5) is 22.5. The van der Waals surface area contributed by atoms with E-state index in [9.17, 15) is 9.59 Å². The van der Waals surface area contributed by atoms with Crippen LogP contribution in [0.4, 0.5) is 0 Å². The Morgan fingerprint density at radius 2 is 2.00 bits per heavy atom. The van der Waals surface area contributed by atoms with E-state index in [0.717, 1.165) is 6.29 Å². The monoisotopic (exact) mass is 302 g/mol. The van der Waals surface area contributed by atoms with Crippen molar-refractivity contribution < 1.29 is 28.5 Å². The van der Waals surface area contributed by atoms with Gasteiger partial charge in [0.05, 0.1) is 6.10 Å². The van der Waals surface area contributed by atoms with Crippen LogP contribution in [0.3, 0.4) is 0 Å². The molecule has 0 amide bonds. The maximum Gasteiger partial charge on any atom is 0.332 e. The summed E-state index contributed by atoms with van der Waals surface area (Å²) in [6.07, 6.45) is 0.972. The number of hydrogen-bond acceptors (Lipinski definition) is 6. The first kappa shape index (κ1) is 18.1. The van der Waals surface area contributed by atoms with Crippen LogP contribution in [0.5, 0.6) is 0 Å². The third-order valence-electron chi connectivity index (χ3n) is 3.12. The van der Waals surface area contributed by atoms with E-state index < -0.39 is 23.5 Å². The van der Waals surface area contributed by atoms with Crippen molar-refractivity contribution in [2.75, 3.05) is 13.2 Å². The van der Waals surface area contributed by atoms with Crippen molar-refractivity contribution in [3.8, 4) is 0 Å². The van der Waals surface area contributed by atoms with Crippen LogP contribution in [0.2, 0.25) is 0 Å². The number of hydrogen-bond donors (Lipinski definition) is 0. The number of esters is 1. The van der Waals surface area contributed by atoms with E-state index in [-0.39, 0.29) is 12.7 Å². The molecule has 0 spiro atoms. The lowest BCUT2D eigenvalue weighted by molar-refractivity contribution is -0.166. The zero-order valence-electron chi connectivity index (χ0n) is 13.5. The quantitative estimate of drug-likeness (QED) is 0.406. The molecular formula is C15H26O6. The number of carbonyl (C=O) groups excluding carboxylic acids is 2. The van der Waals surface area contributed by atoms with Crippen LogP contribution in [-0.2, 0) is 28.5 Å². The molecule has 3 atom stereocenters. The average Bonchev–Trinajstić information content (AvgIpc) is 2.70. The van der Waals surface area contributed by atoms with Crippen LogP contribution >= 0.6 is 0 Å². The lowest BCUT2D eigenvalue weighted by Crippen LogP contribution is -2.28. The van der Waals surface area contributed by atoms with E-state index >= 15 is 0 Å². The van der Waals surface area contributed by atoms with Gasteiger partial charge in [0.25, 0.3) is 0 Å². The first-order chi connectivity index (χ1) is 9.69. The van der Waals surface area contributed by atoms with E-state index in [0.29, 0.717) is 19.4 Å². The van der Waals surface area contributed by atoms with Gasteiger partial charge in [-0.05, 0) is 34.1 Å². The minimum atomic E-state index is -0.721. The Kier molecular flexibility index (Phi) is 6.31. The molecule has 21 heavy (non-hydrogen) atoms. The van der Waals surface area contributed by atoms with Crippen molar-refractivity contribution in [2.24, 2.45) is 0 Å². The van der Waals surface area contributed by atoms with Gasteiger partial charge in [-0.25, -0.2) is 4.79 Å². The first-order valence-electron chi connectivity index (χ1n) is 7.29. The number of rotatable bonds is 7. The number of aldehydes is 1. The van der Waals surface area contributed by atoms with Crippen LogP contribution in [-0.4, -0.2) is 49.1 Å². The summed E-state index contributed by atoms with van der Waals surface area (Å²) >= 11 is 0. The summed E-state index contributed by atoms with van der Waals surface area (Å²) in [5.74, 6) is -1.13. The van der Waals surface area contributed by atoms with Crippen LogP contribution in [0.25, 0.3) is 0 Å². The van der Waals surface area contributed by atoms with Crippen LogP contribution in [0.15, 0.2) is 0 Å². The topological polar surface area (TPSA) is 71.1 Å². The highest BCUT2D eigenvalue weighted by atomic mass is 16.8. The van der Waals surface area contributed by atoms with Gasteiger partial charge in [0.15, 0.2) is 12.1 Å². The minimum Gasteiger partial charge on any atom is -0.458 e. The number of ether oxygens (including phenoxy) is 4. The number of carbonyl (C=O) groups is 2. The highest BCUT2D eigenvalue weighted by Gasteiger charge is 2.42. The average molecular weight is 302 g/mol. The molecule has 1 aliphatic heterocycles. The second kappa shape index (κ2) is 7.33. The molecule has 1 fully saturated rings. The molecule has 0 aliphatic carbocycles. The van der Waals surface area contributed by atoms with Gasteiger partial charge in [-0.15, -0.1) is 0 Å². The molecule has 6 nitrogen and oxygen atoms in total. The Labute approximate surface area is 126 Å². The van der Waals surface area contributed by atoms with E-state index in [1.54, 1.807) is 20.8 Å². The zero-order valence-corrected chi connectivity index (χ0v) is 13.5. The van der Waals surface area contributed by atoms with E-state index in [1.807, 2.05) is 13.8 Å². The van der Waals surface area contributed by atoms with Gasteiger partial charge in [0, 0.05) is 13.0 Å². The fourth-order valence-electron chi connectivity index (χ4n) is 2.01. The summed E-state index contributed by atoms with van der Waals surface area (Å²) in [7, 11) is 0. The lowest BCUT2D eigenvalue weighted by atomic mass is 10.2. The molecule has 1 saturated heterocycles. The van der Waals surface area contributed by atoms with Crippen LogP contribution in [0, 0.1) is 0 Å². The Morgan fingerprint density at radius 1 is 1.33 bits per heavy atom. The van der Waals surface area contributed by atoms with Crippen molar-refractivity contribution in [1.29, 1.82) is 0 Å². The molecule has 122 valence electrons. The van der Waals surface area contributed by atoms with Gasteiger partial charge in [0.1, 0.15) is 18.3 Å². The molecule has 0 aromatic rings. The maximum atomic E-state index is 11.5. The van der Waals surface area contributed by atoms with E-state index in [2.05, 4.69) is 0 Å². The molecule has 6 heteroatoms. The fraction of sp³-hybridized carbons (Fsp3) is 0.867. The predicted molar refractivity (Wildman–Crippen MR) is 75.8 cm³/mol. The SMILES string of the molecule is CCC1(C)O[C@@H](CCOCC(=O)OC(C)(C)C)[C@@H](C=O)O1. The van der Waals surface area contributed by atoms with Crippen molar-refractivity contribution in [3.63, 3.8) is 0 Å². The van der Waals surface area contributed by atoms with Crippen molar-refractivity contribution in [2.45, 2.75) is 71.1 Å². The third kappa shape index (κ3) is 6.11. The second-order valence-electron chi connectivity index (χ2n) is 6.29. The molecule has 1 aliphatic rings. The normalized spacial score (nSPS) is 29.4. The highest BCUT2D eigenvalue weighted by Crippen LogP contribution is 2.31. The first-order valence-corrected chi connectivity index (χ1v) is 7.29. The molecule has 0 radical (unpaired) electrons. The Hall–Kier alpha value is -0.980. The molecule has 1 heterocycles. The van der Waals surface area contributed by atoms with Crippen molar-refractivity contribution in [1.82, 2.24) is 0 Å². The van der Waals surface area contributed by atoms with E-state index in [4.69, 9.17) is 18.9 Å². The molecule has 1 rings (SSSR count). The Balaban J connectivity index is 2.29. The van der Waals surface area contributed by atoms with Crippen molar-refractivity contribution in [3.05, 3.63) is 0 Å². The Bertz CT molecular complexity index is 362. The maximum absolute atomic E-state index is 11.5. The fourth-order valence-corrected chi connectivity index (χ4v) is 2.01. The molecule has 0 N–H and O–H groups in total. The highest BCUT2D eigenvalue weighted by molar-refractivity contribution is 5.71. The zero-order chi connectivity index (χ0) is 16.1. The molecule has 0 aromatic carbocycles. The van der Waals surface area contributed by atoms with Crippen LogP contribution < -0.4 is 0 Å². The van der Waals surface area contributed by atoms with Crippen LogP contribution in [0.1, 0.15) is 47.5 Å². The largest absolute Gasteiger partial charge is 0.458 e. The smallest absolute Gasteiger partial charge is 0.332 e. The van der Waals surface area contributed by atoms with Gasteiger partial charge >= 0.3 is 5.97 Å². The lowest BCUT2D eigenvalue weighted by Gasteiger charge is -2.21. The molecular weight excluding hydrogens is 276 g/mol. The summed E-state index contributed by atoms with van der Waals surface area (Å²) in [6.45, 7) is 9.34. The minimum absolute atomic E-state index is 0.109. The molecule has 0 bridgehead atoms. The summed E-state index contributed by atoms with van der Waals surface area (Å²) in [6, 6.07) is 0. The third-order valence-corrected chi connectivity index (χ3v) is 3.12. The summed E-state index contributed by atoms with van der Waals surface area (Å²) in [5, 5.41) is 0. The molecule has 0 aromatic heterocycles. The second-order valence-corrected chi connectivity index (χ2v) is 6.29. The standard InChI is InChI=1S/C15H26O6/c1-6-15(5)19-11(12(9-16)20-15)7-8-18-10-13(17)21-14(2,3)4/h9,11-12H,6-8,10H2,1-5H3/t11-,12+,15?/m0/s1. The Morgan fingerprint density at radius 3 is 2.52 bits per heavy atom. The molecule has 1 unspecified atom stereocenters. The van der Waals surface area contributed by atoms with Gasteiger partial charge in [-0.2, -0.15) is 0 Å². The van der Waals surface area contributed by atoms with Gasteiger partial charge < -0.3 is 23.7 Å². The van der Waals surface area contributed by atoms with Gasteiger partial charge in [-0.1, -0.05) is 6.92 Å². The van der Waals surface area contributed by atoms with Gasteiger partial charge in [-0.3, -0.25) is 0 Å². The summed E-state index contributed by atoms with van der Waals surface area (Å²) < 4.78 is 21.7. The van der Waals surface area contributed by atoms with Gasteiger partial charge in [0.2, 0.25) is 0 Å². The summed E-state index contributed by atoms with van der Waals surface area (Å²) in [5.41, 5.74) is -0.519. The predicted octanol–water partition coefficient (Wildman–Crippen LogP) is 1.84. The molecule has 0 saturated carbocycles.